The first-order chi connectivity index (χ1) is 8.52. The summed E-state index contributed by atoms with van der Waals surface area (Å²) in [5, 5.41) is 1.59. The molecule has 0 spiro atoms. The van der Waals surface area contributed by atoms with Crippen LogP contribution in [-0.4, -0.2) is 0 Å². The Kier molecular flexibility index (Phi) is 4.18. The Hall–Kier alpha value is -0.730. The molecule has 0 fully saturated rings. The van der Waals surface area contributed by atoms with Crippen molar-refractivity contribution < 1.29 is 0 Å². The maximum absolute atomic E-state index is 6.24. The minimum absolute atomic E-state index is 0.435. The van der Waals surface area contributed by atoms with Crippen LogP contribution in [0.4, 0.5) is 0 Å². The van der Waals surface area contributed by atoms with Gasteiger partial charge in [-0.1, -0.05) is 58.6 Å². The lowest BCUT2D eigenvalue weighted by atomic mass is 9.97. The monoisotopic (exact) mass is 299 g/mol. The molecule has 0 unspecified atom stereocenters. The molecule has 0 aliphatic rings. The Morgan fingerprint density at radius 2 is 1.61 bits per heavy atom. The van der Waals surface area contributed by atoms with Gasteiger partial charge in [-0.15, -0.1) is 0 Å². The van der Waals surface area contributed by atoms with Gasteiger partial charge in [0.1, 0.15) is 0 Å². The van der Waals surface area contributed by atoms with Crippen LogP contribution in [0.1, 0.15) is 11.1 Å². The molecule has 2 rings (SSSR count). The second kappa shape index (κ2) is 5.50. The standard InChI is InChI=1S/C14H12Cl3N/c1-8-2-3-9(7-18)11(4-8)14-12(16)5-10(15)6-13(14)17/h2-6H,7,18H2,1H3. The van der Waals surface area contributed by atoms with E-state index >= 15 is 0 Å². The van der Waals surface area contributed by atoms with Gasteiger partial charge in [0.2, 0.25) is 0 Å². The summed E-state index contributed by atoms with van der Waals surface area (Å²) in [5.74, 6) is 0. The highest BCUT2D eigenvalue weighted by molar-refractivity contribution is 6.41. The van der Waals surface area contributed by atoms with Crippen molar-refractivity contribution in [3.8, 4) is 11.1 Å². The highest BCUT2D eigenvalue weighted by Crippen LogP contribution is 2.39. The average Bonchev–Trinajstić information content (AvgIpc) is 2.28. The Labute approximate surface area is 121 Å². The van der Waals surface area contributed by atoms with E-state index in [0.717, 1.165) is 22.3 Å². The van der Waals surface area contributed by atoms with Crippen LogP contribution < -0.4 is 5.73 Å². The number of aryl methyl sites for hydroxylation is 1. The predicted octanol–water partition coefficient (Wildman–Crippen LogP) is 5.08. The summed E-state index contributed by atoms with van der Waals surface area (Å²) in [5.41, 5.74) is 9.64. The van der Waals surface area contributed by atoms with Crippen LogP contribution in [0.15, 0.2) is 30.3 Å². The van der Waals surface area contributed by atoms with Crippen LogP contribution >= 0.6 is 34.8 Å². The van der Waals surface area contributed by atoms with E-state index in [0.29, 0.717) is 21.6 Å². The molecule has 0 saturated carbocycles. The second-order valence-electron chi connectivity index (χ2n) is 4.11. The fourth-order valence-corrected chi connectivity index (χ4v) is 2.92. The van der Waals surface area contributed by atoms with Gasteiger partial charge in [-0.3, -0.25) is 0 Å². The molecule has 4 heteroatoms. The van der Waals surface area contributed by atoms with Crippen molar-refractivity contribution in [3.63, 3.8) is 0 Å². The van der Waals surface area contributed by atoms with Gasteiger partial charge in [0.05, 0.1) is 10.0 Å². The molecule has 2 aromatic carbocycles. The van der Waals surface area contributed by atoms with Crippen LogP contribution in [-0.2, 0) is 6.54 Å². The molecule has 0 heterocycles. The highest BCUT2D eigenvalue weighted by Gasteiger charge is 2.13. The van der Waals surface area contributed by atoms with Gasteiger partial charge in [0.15, 0.2) is 0 Å². The van der Waals surface area contributed by atoms with Gasteiger partial charge in [-0.05, 0) is 30.2 Å². The van der Waals surface area contributed by atoms with Crippen molar-refractivity contribution in [2.24, 2.45) is 5.73 Å². The molecule has 2 N–H and O–H groups in total. The van der Waals surface area contributed by atoms with Crippen LogP contribution in [0.2, 0.25) is 15.1 Å². The van der Waals surface area contributed by atoms with E-state index in [4.69, 9.17) is 40.5 Å². The first-order valence-corrected chi connectivity index (χ1v) is 6.61. The number of hydrogen-bond donors (Lipinski definition) is 1. The van der Waals surface area contributed by atoms with Gasteiger partial charge in [0, 0.05) is 17.1 Å². The van der Waals surface area contributed by atoms with Crippen molar-refractivity contribution in [1.82, 2.24) is 0 Å². The third kappa shape index (κ3) is 2.65. The summed E-state index contributed by atoms with van der Waals surface area (Å²) in [6, 6.07) is 9.42. The second-order valence-corrected chi connectivity index (χ2v) is 5.36. The van der Waals surface area contributed by atoms with E-state index in [2.05, 4.69) is 0 Å². The molecule has 0 radical (unpaired) electrons. The number of rotatable bonds is 2. The number of halogens is 3. The largest absolute Gasteiger partial charge is 0.326 e. The zero-order valence-electron chi connectivity index (χ0n) is 9.81. The fraction of sp³-hybridized carbons (Fsp3) is 0.143. The first kappa shape index (κ1) is 13.7. The van der Waals surface area contributed by atoms with Crippen LogP contribution in [0.5, 0.6) is 0 Å². The molecule has 0 aliphatic heterocycles. The molecular weight excluding hydrogens is 289 g/mol. The van der Waals surface area contributed by atoms with Crippen molar-refractivity contribution in [3.05, 3.63) is 56.5 Å². The summed E-state index contributed by atoms with van der Waals surface area (Å²) in [6.45, 7) is 2.45. The highest BCUT2D eigenvalue weighted by atomic mass is 35.5. The lowest BCUT2D eigenvalue weighted by Crippen LogP contribution is -2.00. The van der Waals surface area contributed by atoms with Gasteiger partial charge < -0.3 is 5.73 Å². The smallest absolute Gasteiger partial charge is 0.0514 e. The molecule has 0 saturated heterocycles. The molecule has 0 amide bonds. The molecule has 94 valence electrons. The normalized spacial score (nSPS) is 10.7. The van der Waals surface area contributed by atoms with Crippen LogP contribution in [0, 0.1) is 6.92 Å². The van der Waals surface area contributed by atoms with Crippen molar-refractivity contribution in [2.45, 2.75) is 13.5 Å². The minimum atomic E-state index is 0.435. The number of hydrogen-bond acceptors (Lipinski definition) is 1. The van der Waals surface area contributed by atoms with Gasteiger partial charge in [-0.25, -0.2) is 0 Å². The fourth-order valence-electron chi connectivity index (χ4n) is 1.90. The molecule has 18 heavy (non-hydrogen) atoms. The number of benzene rings is 2. The summed E-state index contributed by atoms with van der Waals surface area (Å²) in [6.07, 6.45) is 0. The molecule has 2 aromatic rings. The predicted molar refractivity (Wildman–Crippen MR) is 79.5 cm³/mol. The molecule has 1 nitrogen and oxygen atoms in total. The van der Waals surface area contributed by atoms with E-state index in [1.165, 1.54) is 0 Å². The molecule has 0 aliphatic carbocycles. The minimum Gasteiger partial charge on any atom is -0.326 e. The number of nitrogens with two attached hydrogens (primary N) is 1. The molecular formula is C14H12Cl3N. The third-order valence-electron chi connectivity index (χ3n) is 2.76. The molecule has 0 atom stereocenters. The quantitative estimate of drug-likeness (QED) is 0.822. The zero-order chi connectivity index (χ0) is 13.3. The zero-order valence-corrected chi connectivity index (χ0v) is 12.1. The van der Waals surface area contributed by atoms with Crippen molar-refractivity contribution in [2.75, 3.05) is 0 Å². The van der Waals surface area contributed by atoms with Crippen molar-refractivity contribution in [1.29, 1.82) is 0 Å². The first-order valence-electron chi connectivity index (χ1n) is 5.47. The maximum atomic E-state index is 6.24. The molecule has 0 bridgehead atoms. The topological polar surface area (TPSA) is 26.0 Å². The maximum Gasteiger partial charge on any atom is 0.0514 e. The van der Waals surface area contributed by atoms with Crippen LogP contribution in [0.25, 0.3) is 11.1 Å². The van der Waals surface area contributed by atoms with Gasteiger partial charge in [-0.2, -0.15) is 0 Å². The molecule has 0 aromatic heterocycles. The van der Waals surface area contributed by atoms with Gasteiger partial charge in [0.25, 0.3) is 0 Å². The average molecular weight is 301 g/mol. The van der Waals surface area contributed by atoms with E-state index in [9.17, 15) is 0 Å². The Morgan fingerprint density at radius 3 is 2.17 bits per heavy atom. The Morgan fingerprint density at radius 1 is 1.00 bits per heavy atom. The van der Waals surface area contributed by atoms with Crippen molar-refractivity contribution >= 4 is 34.8 Å². The van der Waals surface area contributed by atoms with Crippen LogP contribution in [0.3, 0.4) is 0 Å². The van der Waals surface area contributed by atoms with E-state index < -0.39 is 0 Å². The third-order valence-corrected chi connectivity index (χ3v) is 3.58. The van der Waals surface area contributed by atoms with E-state index in [1.54, 1.807) is 12.1 Å². The summed E-state index contributed by atoms with van der Waals surface area (Å²) in [7, 11) is 0. The summed E-state index contributed by atoms with van der Waals surface area (Å²) < 4.78 is 0. The Bertz CT molecular complexity index is 571. The lowest BCUT2D eigenvalue weighted by molar-refractivity contribution is 1.07. The summed E-state index contributed by atoms with van der Waals surface area (Å²) >= 11 is 18.4. The van der Waals surface area contributed by atoms with Gasteiger partial charge >= 0.3 is 0 Å². The summed E-state index contributed by atoms with van der Waals surface area (Å²) in [4.78, 5) is 0. The Balaban J connectivity index is 2.72. The lowest BCUT2D eigenvalue weighted by Gasteiger charge is -2.13. The van der Waals surface area contributed by atoms with E-state index in [-0.39, 0.29) is 0 Å². The van der Waals surface area contributed by atoms with E-state index in [1.807, 2.05) is 25.1 Å². The SMILES string of the molecule is Cc1ccc(CN)c(-c2c(Cl)cc(Cl)cc2Cl)c1.